The number of anilines is 2. The highest BCUT2D eigenvalue weighted by Crippen LogP contribution is 2.39. The van der Waals surface area contributed by atoms with Gasteiger partial charge in [-0.15, -0.1) is 0 Å². The minimum absolute atomic E-state index is 0.0227. The Balaban J connectivity index is 1.99. The molecular formula is C30H28Cl2N2O6S2. The summed E-state index contributed by atoms with van der Waals surface area (Å²) in [7, 11) is -8.81. The van der Waals surface area contributed by atoms with Gasteiger partial charge in [-0.1, -0.05) is 61.3 Å². The topological polar surface area (TPSA) is 109 Å². The van der Waals surface area contributed by atoms with Gasteiger partial charge in [-0.3, -0.25) is 9.59 Å². The number of halogens is 2. The van der Waals surface area contributed by atoms with Crippen molar-refractivity contribution >= 4 is 77.2 Å². The fraction of sp³-hybridized carbons (Fsp3) is 0.200. The molecule has 0 aliphatic rings. The van der Waals surface area contributed by atoms with E-state index in [0.717, 1.165) is 8.61 Å². The second kappa shape index (κ2) is 12.8. The van der Waals surface area contributed by atoms with Gasteiger partial charge in [-0.2, -0.15) is 0 Å². The molecule has 220 valence electrons. The molecule has 0 aromatic heterocycles. The van der Waals surface area contributed by atoms with Crippen molar-refractivity contribution in [1.29, 1.82) is 0 Å². The standard InChI is InChI=1S/C30H28Cl2N2O6S2/c1-3-7-29(35)33(41(37,38)23-15-11-21(31)12-16-23)27-19-20-28(26-10-6-5-9-25(26)27)34(30(36)8-4-2)42(39,40)24-17-13-22(32)14-18-24/h5-6,9-20H,3-4,7-8H2,1-2H3. The van der Waals surface area contributed by atoms with Crippen LogP contribution in [0.4, 0.5) is 11.4 Å². The van der Waals surface area contributed by atoms with E-state index in [1.165, 1.54) is 60.7 Å². The Labute approximate surface area is 255 Å². The van der Waals surface area contributed by atoms with Gasteiger partial charge in [0.1, 0.15) is 0 Å². The van der Waals surface area contributed by atoms with E-state index >= 15 is 0 Å². The number of carbonyl (C=O) groups is 2. The van der Waals surface area contributed by atoms with Gasteiger partial charge < -0.3 is 0 Å². The van der Waals surface area contributed by atoms with Gasteiger partial charge in [0.15, 0.2) is 0 Å². The Kier molecular flexibility index (Phi) is 9.62. The third-order valence-corrected chi connectivity index (χ3v) is 10.4. The molecule has 0 spiro atoms. The van der Waals surface area contributed by atoms with E-state index < -0.39 is 31.9 Å². The maximum absolute atomic E-state index is 13.9. The number of nitrogens with zero attached hydrogens (tertiary/aromatic N) is 2. The summed E-state index contributed by atoms with van der Waals surface area (Å²) >= 11 is 11.9. The maximum Gasteiger partial charge on any atom is 0.270 e. The van der Waals surface area contributed by atoms with Crippen LogP contribution in [-0.4, -0.2) is 28.6 Å². The van der Waals surface area contributed by atoms with Crippen LogP contribution in [0.3, 0.4) is 0 Å². The van der Waals surface area contributed by atoms with Crippen LogP contribution in [0.25, 0.3) is 10.8 Å². The molecule has 4 aromatic carbocycles. The van der Waals surface area contributed by atoms with Crippen molar-refractivity contribution in [3.05, 3.63) is 95.0 Å². The smallest absolute Gasteiger partial charge is 0.270 e. The first-order valence-corrected chi connectivity index (χ1v) is 16.8. The maximum atomic E-state index is 13.9. The van der Waals surface area contributed by atoms with E-state index in [1.54, 1.807) is 38.1 Å². The minimum atomic E-state index is -4.40. The Morgan fingerprint density at radius 2 is 0.905 bits per heavy atom. The van der Waals surface area contributed by atoms with Gasteiger partial charge in [0.25, 0.3) is 20.0 Å². The quantitative estimate of drug-likeness (QED) is 0.180. The Morgan fingerprint density at radius 1 is 0.571 bits per heavy atom. The van der Waals surface area contributed by atoms with Crippen molar-refractivity contribution in [2.45, 2.75) is 49.3 Å². The second-order valence-corrected chi connectivity index (χ2v) is 13.8. The fourth-order valence-corrected chi connectivity index (χ4v) is 7.66. The van der Waals surface area contributed by atoms with Crippen LogP contribution >= 0.6 is 23.2 Å². The van der Waals surface area contributed by atoms with Gasteiger partial charge in [-0.25, -0.2) is 25.4 Å². The molecule has 4 aromatic rings. The van der Waals surface area contributed by atoms with Crippen LogP contribution in [-0.2, 0) is 29.6 Å². The largest absolute Gasteiger partial charge is 0.273 e. The molecule has 0 unspecified atom stereocenters. The van der Waals surface area contributed by atoms with Gasteiger partial charge in [0, 0.05) is 33.7 Å². The average Bonchev–Trinajstić information content (AvgIpc) is 2.95. The summed E-state index contributed by atoms with van der Waals surface area (Å²) in [6, 6.07) is 20.0. The first kappa shape index (κ1) is 31.5. The van der Waals surface area contributed by atoms with Crippen LogP contribution < -0.4 is 8.61 Å². The van der Waals surface area contributed by atoms with Crippen molar-refractivity contribution in [3.8, 4) is 0 Å². The predicted octanol–water partition coefficient (Wildman–Crippen LogP) is 7.19. The third kappa shape index (κ3) is 6.17. The molecule has 0 atom stereocenters. The van der Waals surface area contributed by atoms with E-state index in [-0.39, 0.29) is 44.8 Å². The van der Waals surface area contributed by atoms with E-state index in [9.17, 15) is 26.4 Å². The number of benzene rings is 4. The highest BCUT2D eigenvalue weighted by molar-refractivity contribution is 7.94. The molecule has 0 aliphatic heterocycles. The lowest BCUT2D eigenvalue weighted by molar-refractivity contribution is -0.118. The van der Waals surface area contributed by atoms with Gasteiger partial charge >= 0.3 is 0 Å². The Morgan fingerprint density at radius 3 is 1.21 bits per heavy atom. The summed E-state index contributed by atoms with van der Waals surface area (Å²) in [6.07, 6.45) is 0.657. The molecule has 0 radical (unpaired) electrons. The zero-order valence-corrected chi connectivity index (χ0v) is 26.0. The molecule has 2 amide bonds. The summed E-state index contributed by atoms with van der Waals surface area (Å²) < 4.78 is 57.0. The zero-order chi connectivity index (χ0) is 30.7. The molecular weight excluding hydrogens is 619 g/mol. The summed E-state index contributed by atoms with van der Waals surface area (Å²) in [4.78, 5) is 26.5. The first-order valence-electron chi connectivity index (χ1n) is 13.1. The molecule has 0 saturated carbocycles. The van der Waals surface area contributed by atoms with Gasteiger partial charge in [-0.05, 0) is 73.5 Å². The van der Waals surface area contributed by atoms with Crippen LogP contribution in [0.15, 0.2) is 94.7 Å². The lowest BCUT2D eigenvalue weighted by Crippen LogP contribution is -2.38. The van der Waals surface area contributed by atoms with Crippen molar-refractivity contribution in [1.82, 2.24) is 0 Å². The summed E-state index contributed by atoms with van der Waals surface area (Å²) in [5, 5.41) is 1.18. The predicted molar refractivity (Wildman–Crippen MR) is 166 cm³/mol. The van der Waals surface area contributed by atoms with Crippen molar-refractivity contribution in [2.24, 2.45) is 0 Å². The van der Waals surface area contributed by atoms with Crippen molar-refractivity contribution in [2.75, 3.05) is 8.61 Å². The van der Waals surface area contributed by atoms with Crippen molar-refractivity contribution < 1.29 is 26.4 Å². The van der Waals surface area contributed by atoms with E-state index in [4.69, 9.17) is 23.2 Å². The number of rotatable bonds is 10. The van der Waals surface area contributed by atoms with E-state index in [1.807, 2.05) is 0 Å². The molecule has 12 heteroatoms. The highest BCUT2D eigenvalue weighted by atomic mass is 35.5. The minimum Gasteiger partial charge on any atom is -0.273 e. The fourth-order valence-electron chi connectivity index (χ4n) is 4.47. The number of sulfonamides is 2. The first-order chi connectivity index (χ1) is 19.9. The third-order valence-electron chi connectivity index (χ3n) is 6.40. The van der Waals surface area contributed by atoms with Crippen molar-refractivity contribution in [3.63, 3.8) is 0 Å². The SMILES string of the molecule is CCCC(=O)N(c1ccc(N(C(=O)CCC)S(=O)(=O)c2ccc(Cl)cc2)c2ccccc12)S(=O)(=O)c1ccc(Cl)cc1. The molecule has 0 N–H and O–H groups in total. The molecule has 42 heavy (non-hydrogen) atoms. The molecule has 0 bridgehead atoms. The van der Waals surface area contributed by atoms with Gasteiger partial charge in [0.05, 0.1) is 21.2 Å². The summed E-state index contributed by atoms with van der Waals surface area (Å²) in [5.74, 6) is -1.34. The number of carbonyl (C=O) groups excluding carboxylic acids is 2. The lowest BCUT2D eigenvalue weighted by Gasteiger charge is -2.27. The Bertz CT molecular complexity index is 1710. The number of hydrogen-bond donors (Lipinski definition) is 0. The summed E-state index contributed by atoms with van der Waals surface area (Å²) in [5.41, 5.74) is 0.0454. The van der Waals surface area contributed by atoms with Crippen LogP contribution in [0.5, 0.6) is 0 Å². The highest BCUT2D eigenvalue weighted by Gasteiger charge is 2.35. The van der Waals surface area contributed by atoms with Gasteiger partial charge in [0.2, 0.25) is 11.8 Å². The molecule has 0 heterocycles. The molecule has 0 aliphatic carbocycles. The molecule has 8 nitrogen and oxygen atoms in total. The second-order valence-electron chi connectivity index (χ2n) is 9.38. The lowest BCUT2D eigenvalue weighted by atomic mass is 10.1. The summed E-state index contributed by atoms with van der Waals surface area (Å²) in [6.45, 7) is 3.51. The zero-order valence-electron chi connectivity index (χ0n) is 22.8. The number of hydrogen-bond acceptors (Lipinski definition) is 6. The normalized spacial score (nSPS) is 11.8. The molecule has 0 saturated heterocycles. The monoisotopic (exact) mass is 646 g/mol. The number of fused-ring (bicyclic) bond motifs is 1. The average molecular weight is 648 g/mol. The van der Waals surface area contributed by atoms with E-state index in [0.29, 0.717) is 22.9 Å². The molecule has 4 rings (SSSR count). The number of amides is 2. The van der Waals surface area contributed by atoms with E-state index in [2.05, 4.69) is 0 Å². The van der Waals surface area contributed by atoms with Crippen LogP contribution in [0.1, 0.15) is 39.5 Å². The van der Waals surface area contributed by atoms with Crippen LogP contribution in [0, 0.1) is 0 Å². The molecule has 0 fully saturated rings. The van der Waals surface area contributed by atoms with Crippen LogP contribution in [0.2, 0.25) is 10.0 Å². The Hall–Kier alpha value is -3.44.